The number of nitrogens with zero attached hydrogens (tertiary/aromatic N) is 2. The van der Waals surface area contributed by atoms with Crippen LogP contribution in [0.5, 0.6) is 0 Å². The van der Waals surface area contributed by atoms with Crippen molar-refractivity contribution in [1.29, 1.82) is 0 Å². The summed E-state index contributed by atoms with van der Waals surface area (Å²) in [6, 6.07) is 4.79. The molecule has 0 bridgehead atoms. The number of halogens is 2. The molecular formula is C18H25ClFN3O2. The van der Waals surface area contributed by atoms with Gasteiger partial charge in [-0.15, -0.1) is 12.4 Å². The van der Waals surface area contributed by atoms with Crippen molar-refractivity contribution in [1.82, 2.24) is 4.90 Å². The molecule has 1 aromatic rings. The third-order valence-corrected chi connectivity index (χ3v) is 5.23. The van der Waals surface area contributed by atoms with Crippen molar-refractivity contribution >= 4 is 29.9 Å². The molecule has 0 spiro atoms. The maximum absolute atomic E-state index is 14.1. The summed E-state index contributed by atoms with van der Waals surface area (Å²) < 4.78 is 14.1. The number of amides is 2. The summed E-state index contributed by atoms with van der Waals surface area (Å²) in [5.41, 5.74) is 6.81. The van der Waals surface area contributed by atoms with Gasteiger partial charge >= 0.3 is 0 Å². The molecule has 2 amide bonds. The lowest BCUT2D eigenvalue weighted by Crippen LogP contribution is -2.38. The molecule has 3 rings (SSSR count). The molecule has 2 saturated heterocycles. The van der Waals surface area contributed by atoms with Crippen LogP contribution >= 0.6 is 12.4 Å². The molecule has 25 heavy (non-hydrogen) atoms. The van der Waals surface area contributed by atoms with Crippen LogP contribution in [0, 0.1) is 24.1 Å². The van der Waals surface area contributed by atoms with E-state index in [-0.39, 0.29) is 48.3 Å². The van der Waals surface area contributed by atoms with Crippen LogP contribution in [-0.2, 0) is 9.59 Å². The molecule has 2 atom stereocenters. The van der Waals surface area contributed by atoms with Gasteiger partial charge in [-0.05, 0) is 43.0 Å². The second kappa shape index (κ2) is 7.30. The molecule has 5 nitrogen and oxygen atoms in total. The van der Waals surface area contributed by atoms with Crippen molar-refractivity contribution in [2.75, 3.05) is 31.1 Å². The lowest BCUT2D eigenvalue weighted by molar-refractivity contribution is -0.135. The number of likely N-dealkylation sites (tertiary alicyclic amines) is 1. The van der Waals surface area contributed by atoms with Crippen molar-refractivity contribution in [3.63, 3.8) is 0 Å². The number of hydrogen-bond acceptors (Lipinski definition) is 3. The molecule has 2 heterocycles. The quantitative estimate of drug-likeness (QED) is 0.887. The topological polar surface area (TPSA) is 66.6 Å². The molecule has 138 valence electrons. The van der Waals surface area contributed by atoms with Gasteiger partial charge in [0.1, 0.15) is 5.82 Å². The monoisotopic (exact) mass is 369 g/mol. The zero-order chi connectivity index (χ0) is 17.5. The second-order valence-electron chi connectivity index (χ2n) is 7.38. The van der Waals surface area contributed by atoms with Gasteiger partial charge in [-0.3, -0.25) is 9.59 Å². The average Bonchev–Trinajstić information content (AvgIpc) is 3.11. The summed E-state index contributed by atoms with van der Waals surface area (Å²) in [6.45, 7) is 5.97. The highest BCUT2D eigenvalue weighted by Crippen LogP contribution is 2.33. The van der Waals surface area contributed by atoms with E-state index in [2.05, 4.69) is 6.92 Å². The Morgan fingerprint density at radius 3 is 2.76 bits per heavy atom. The fraction of sp³-hybridized carbons (Fsp3) is 0.556. The van der Waals surface area contributed by atoms with Crippen molar-refractivity contribution in [3.05, 3.63) is 29.6 Å². The second-order valence-corrected chi connectivity index (χ2v) is 7.38. The maximum atomic E-state index is 14.1. The first-order chi connectivity index (χ1) is 11.3. The van der Waals surface area contributed by atoms with E-state index in [4.69, 9.17) is 5.73 Å². The summed E-state index contributed by atoms with van der Waals surface area (Å²) in [4.78, 5) is 28.2. The van der Waals surface area contributed by atoms with Gasteiger partial charge in [0.15, 0.2) is 0 Å². The standard InChI is InChI=1S/C18H24FN3O2.ClH/c1-12-3-4-15(14(19)7-12)22-9-13(8-16(22)23)17(24)21-6-5-18(2,10-20)11-21;/h3-4,7,13H,5-6,8-11,20H2,1-2H3;1H. The number of hydrogen-bond donors (Lipinski definition) is 1. The van der Waals surface area contributed by atoms with Crippen molar-refractivity contribution in [3.8, 4) is 0 Å². The fourth-order valence-electron chi connectivity index (χ4n) is 3.57. The lowest BCUT2D eigenvalue weighted by atomic mass is 9.90. The first-order valence-corrected chi connectivity index (χ1v) is 8.38. The molecule has 2 N–H and O–H groups in total. The molecule has 0 aromatic heterocycles. The molecule has 0 saturated carbocycles. The van der Waals surface area contributed by atoms with E-state index in [0.717, 1.165) is 12.0 Å². The highest BCUT2D eigenvalue weighted by atomic mass is 35.5. The maximum Gasteiger partial charge on any atom is 0.228 e. The number of nitrogens with two attached hydrogens (primary N) is 1. The summed E-state index contributed by atoms with van der Waals surface area (Å²) in [5, 5.41) is 0. The zero-order valence-electron chi connectivity index (χ0n) is 14.6. The highest BCUT2D eigenvalue weighted by molar-refractivity contribution is 6.00. The smallest absolute Gasteiger partial charge is 0.228 e. The van der Waals surface area contributed by atoms with Gasteiger partial charge in [0.25, 0.3) is 0 Å². The van der Waals surface area contributed by atoms with Gasteiger partial charge in [0, 0.05) is 26.1 Å². The number of carbonyl (C=O) groups is 2. The van der Waals surface area contributed by atoms with E-state index < -0.39 is 11.7 Å². The van der Waals surface area contributed by atoms with Crippen molar-refractivity contribution in [2.45, 2.75) is 26.7 Å². The van der Waals surface area contributed by atoms with Crippen LogP contribution in [0.2, 0.25) is 0 Å². The van der Waals surface area contributed by atoms with Gasteiger partial charge in [-0.1, -0.05) is 13.0 Å². The average molecular weight is 370 g/mol. The largest absolute Gasteiger partial charge is 0.342 e. The normalized spacial score (nSPS) is 26.1. The Kier molecular flexibility index (Phi) is 5.74. The molecule has 0 radical (unpaired) electrons. The Morgan fingerprint density at radius 1 is 1.44 bits per heavy atom. The van der Waals surface area contributed by atoms with Gasteiger partial charge in [0.2, 0.25) is 11.8 Å². The third-order valence-electron chi connectivity index (χ3n) is 5.23. The van der Waals surface area contributed by atoms with E-state index >= 15 is 0 Å². The fourth-order valence-corrected chi connectivity index (χ4v) is 3.57. The van der Waals surface area contributed by atoms with Crippen molar-refractivity contribution in [2.24, 2.45) is 17.1 Å². The van der Waals surface area contributed by atoms with Crippen LogP contribution < -0.4 is 10.6 Å². The Morgan fingerprint density at radius 2 is 2.16 bits per heavy atom. The number of benzene rings is 1. The Hall–Kier alpha value is -1.66. The Balaban J connectivity index is 0.00000225. The number of anilines is 1. The summed E-state index contributed by atoms with van der Waals surface area (Å²) in [6.07, 6.45) is 1.02. The molecule has 2 unspecified atom stereocenters. The predicted octanol–water partition coefficient (Wildman–Crippen LogP) is 2.11. The first-order valence-electron chi connectivity index (χ1n) is 8.38. The minimum absolute atomic E-state index is 0. The van der Waals surface area contributed by atoms with Crippen LogP contribution in [0.4, 0.5) is 10.1 Å². The first kappa shape index (κ1) is 19.7. The molecule has 7 heteroatoms. The van der Waals surface area contributed by atoms with E-state index in [0.29, 0.717) is 19.6 Å². The number of rotatable bonds is 3. The van der Waals surface area contributed by atoms with E-state index in [1.165, 1.54) is 11.0 Å². The van der Waals surface area contributed by atoms with Crippen LogP contribution in [0.25, 0.3) is 0 Å². The molecule has 0 aliphatic carbocycles. The van der Waals surface area contributed by atoms with Crippen LogP contribution in [-0.4, -0.2) is 42.9 Å². The molecular weight excluding hydrogens is 345 g/mol. The lowest BCUT2D eigenvalue weighted by Gasteiger charge is -2.24. The molecule has 2 aliphatic rings. The van der Waals surface area contributed by atoms with Crippen LogP contribution in [0.3, 0.4) is 0 Å². The molecule has 2 aliphatic heterocycles. The SMILES string of the molecule is Cc1ccc(N2CC(C(=O)N3CCC(C)(CN)C3)CC2=O)c(F)c1.Cl. The Labute approximate surface area is 153 Å². The van der Waals surface area contributed by atoms with Gasteiger partial charge in [-0.2, -0.15) is 0 Å². The minimum Gasteiger partial charge on any atom is -0.342 e. The van der Waals surface area contributed by atoms with Gasteiger partial charge in [-0.25, -0.2) is 4.39 Å². The number of carbonyl (C=O) groups excluding carboxylic acids is 2. The minimum atomic E-state index is -0.423. The third kappa shape index (κ3) is 3.80. The van der Waals surface area contributed by atoms with E-state index in [1.54, 1.807) is 24.0 Å². The van der Waals surface area contributed by atoms with E-state index in [1.807, 2.05) is 0 Å². The predicted molar refractivity (Wildman–Crippen MR) is 97.2 cm³/mol. The summed E-state index contributed by atoms with van der Waals surface area (Å²) >= 11 is 0. The molecule has 2 fully saturated rings. The van der Waals surface area contributed by atoms with E-state index in [9.17, 15) is 14.0 Å². The zero-order valence-corrected chi connectivity index (χ0v) is 15.4. The summed E-state index contributed by atoms with van der Waals surface area (Å²) in [5.74, 6) is -1.04. The Bertz CT molecular complexity index is 684. The highest BCUT2D eigenvalue weighted by Gasteiger charge is 2.42. The van der Waals surface area contributed by atoms with Crippen LogP contribution in [0.1, 0.15) is 25.3 Å². The van der Waals surface area contributed by atoms with Gasteiger partial charge in [0.05, 0.1) is 11.6 Å². The van der Waals surface area contributed by atoms with Crippen LogP contribution in [0.15, 0.2) is 18.2 Å². The van der Waals surface area contributed by atoms with Gasteiger partial charge < -0.3 is 15.5 Å². The molecule has 1 aromatic carbocycles. The summed E-state index contributed by atoms with van der Waals surface area (Å²) in [7, 11) is 0. The van der Waals surface area contributed by atoms with Crippen molar-refractivity contribution < 1.29 is 14.0 Å². The number of aryl methyl sites for hydroxylation is 1.